The van der Waals surface area contributed by atoms with Crippen LogP contribution >= 0.6 is 0 Å². The Morgan fingerprint density at radius 2 is 1.73 bits per heavy atom. The number of nitrogens with zero attached hydrogens (tertiary/aromatic N) is 1. The van der Waals surface area contributed by atoms with Gasteiger partial charge >= 0.3 is 6.36 Å². The predicted molar refractivity (Wildman–Crippen MR) is 75.6 cm³/mol. The van der Waals surface area contributed by atoms with Crippen molar-refractivity contribution in [1.82, 2.24) is 4.90 Å². The van der Waals surface area contributed by atoms with Crippen LogP contribution < -0.4 is 4.74 Å². The topological polar surface area (TPSA) is 32.7 Å². The van der Waals surface area contributed by atoms with Gasteiger partial charge in [0.05, 0.1) is 5.60 Å². The number of ether oxygens (including phenoxy) is 1. The minimum atomic E-state index is -4.67. The lowest BCUT2D eigenvalue weighted by atomic mass is 9.81. The number of piperidine rings is 1. The number of halogens is 3. The minimum absolute atomic E-state index is 0.230. The second kappa shape index (κ2) is 5.42. The molecule has 0 aliphatic carbocycles. The first kappa shape index (κ1) is 15.6. The Balaban J connectivity index is 1.66. The molecule has 2 heterocycles. The van der Waals surface area contributed by atoms with Crippen LogP contribution in [0.2, 0.25) is 0 Å². The van der Waals surface area contributed by atoms with Gasteiger partial charge in [0.1, 0.15) is 5.75 Å². The van der Waals surface area contributed by atoms with Crippen LogP contribution in [0.4, 0.5) is 13.2 Å². The summed E-state index contributed by atoms with van der Waals surface area (Å²) >= 11 is 0. The lowest BCUT2D eigenvalue weighted by Gasteiger charge is -2.42. The minimum Gasteiger partial charge on any atom is -0.406 e. The van der Waals surface area contributed by atoms with Crippen LogP contribution in [0.15, 0.2) is 24.3 Å². The monoisotopic (exact) mass is 315 g/mol. The maximum absolute atomic E-state index is 12.1. The molecule has 0 radical (unpaired) electrons. The lowest BCUT2D eigenvalue weighted by molar-refractivity contribution is -0.274. The Morgan fingerprint density at radius 3 is 2.23 bits per heavy atom. The Morgan fingerprint density at radius 1 is 1.18 bits per heavy atom. The molecule has 3 nitrogen and oxygen atoms in total. The molecule has 0 amide bonds. The smallest absolute Gasteiger partial charge is 0.406 e. The molecule has 0 spiro atoms. The fourth-order valence-corrected chi connectivity index (χ4v) is 3.88. The van der Waals surface area contributed by atoms with Crippen molar-refractivity contribution in [3.63, 3.8) is 0 Å². The molecule has 2 bridgehead atoms. The molecule has 2 fully saturated rings. The molecule has 1 aromatic rings. The van der Waals surface area contributed by atoms with E-state index in [1.807, 2.05) is 0 Å². The number of hydrogen-bond acceptors (Lipinski definition) is 3. The van der Waals surface area contributed by atoms with Crippen LogP contribution in [0.25, 0.3) is 0 Å². The van der Waals surface area contributed by atoms with E-state index in [-0.39, 0.29) is 5.75 Å². The highest BCUT2D eigenvalue weighted by Gasteiger charge is 2.45. The molecule has 0 aromatic heterocycles. The Kier molecular flexibility index (Phi) is 3.85. The largest absolute Gasteiger partial charge is 0.573 e. The quantitative estimate of drug-likeness (QED) is 0.930. The number of fused-ring (bicyclic) bond motifs is 2. The Hall–Kier alpha value is -1.27. The van der Waals surface area contributed by atoms with E-state index in [2.05, 4.69) is 16.7 Å². The van der Waals surface area contributed by atoms with Crippen LogP contribution in [-0.2, 0) is 6.42 Å². The molecule has 3 rings (SSSR count). The van der Waals surface area contributed by atoms with E-state index in [0.29, 0.717) is 18.5 Å². The van der Waals surface area contributed by atoms with Crippen molar-refractivity contribution in [1.29, 1.82) is 0 Å². The fourth-order valence-electron chi connectivity index (χ4n) is 3.88. The van der Waals surface area contributed by atoms with E-state index in [4.69, 9.17) is 0 Å². The average molecular weight is 315 g/mol. The molecule has 2 atom stereocenters. The van der Waals surface area contributed by atoms with Crippen molar-refractivity contribution in [3.05, 3.63) is 29.8 Å². The molecule has 6 heteroatoms. The van der Waals surface area contributed by atoms with Gasteiger partial charge in [-0.3, -0.25) is 0 Å². The van der Waals surface area contributed by atoms with E-state index < -0.39 is 12.0 Å². The zero-order chi connectivity index (χ0) is 16.0. The van der Waals surface area contributed by atoms with E-state index in [1.165, 1.54) is 12.1 Å². The molecular weight excluding hydrogens is 295 g/mol. The Bertz CT molecular complexity index is 515. The molecule has 2 aliphatic heterocycles. The van der Waals surface area contributed by atoms with Gasteiger partial charge in [0, 0.05) is 18.5 Å². The number of alkyl halides is 3. The van der Waals surface area contributed by atoms with Crippen molar-refractivity contribution in [2.45, 2.75) is 56.2 Å². The van der Waals surface area contributed by atoms with Gasteiger partial charge in [-0.05, 0) is 50.4 Å². The third kappa shape index (κ3) is 3.38. The molecule has 2 aliphatic rings. The first-order valence-corrected chi connectivity index (χ1v) is 7.53. The molecule has 1 N–H and O–H groups in total. The summed E-state index contributed by atoms with van der Waals surface area (Å²) in [6.07, 6.45) is -0.529. The summed E-state index contributed by atoms with van der Waals surface area (Å²) in [5.74, 6) is -0.230. The lowest BCUT2D eigenvalue weighted by Crippen LogP contribution is -2.50. The zero-order valence-electron chi connectivity index (χ0n) is 12.4. The van der Waals surface area contributed by atoms with Gasteiger partial charge in [-0.2, -0.15) is 0 Å². The van der Waals surface area contributed by atoms with Gasteiger partial charge in [-0.1, -0.05) is 12.1 Å². The molecule has 2 saturated heterocycles. The SMILES string of the molecule is CN1C2CCC1CC(O)(Cc1ccc(OC(F)(F)F)cc1)C2. The molecule has 0 saturated carbocycles. The van der Waals surface area contributed by atoms with Gasteiger partial charge in [0.25, 0.3) is 0 Å². The fraction of sp³-hybridized carbons (Fsp3) is 0.625. The highest BCUT2D eigenvalue weighted by atomic mass is 19.4. The third-order valence-electron chi connectivity index (χ3n) is 4.91. The average Bonchev–Trinajstić information content (AvgIpc) is 2.63. The summed E-state index contributed by atoms with van der Waals surface area (Å²) in [5.41, 5.74) is 0.0751. The second-order valence-electron chi connectivity index (χ2n) is 6.55. The van der Waals surface area contributed by atoms with Gasteiger partial charge in [0.2, 0.25) is 0 Å². The highest BCUT2D eigenvalue weighted by molar-refractivity contribution is 5.28. The molecular formula is C16H20F3NO2. The van der Waals surface area contributed by atoms with E-state index in [0.717, 1.165) is 31.2 Å². The van der Waals surface area contributed by atoms with E-state index >= 15 is 0 Å². The predicted octanol–water partition coefficient (Wildman–Crippen LogP) is 3.12. The van der Waals surface area contributed by atoms with Crippen molar-refractivity contribution >= 4 is 0 Å². The Labute approximate surface area is 127 Å². The number of benzene rings is 1. The summed E-state index contributed by atoms with van der Waals surface area (Å²) < 4.78 is 40.3. The maximum atomic E-state index is 12.1. The first-order chi connectivity index (χ1) is 10.2. The highest BCUT2D eigenvalue weighted by Crippen LogP contribution is 2.41. The van der Waals surface area contributed by atoms with Gasteiger partial charge in [-0.25, -0.2) is 0 Å². The van der Waals surface area contributed by atoms with Crippen LogP contribution in [0.5, 0.6) is 5.75 Å². The number of rotatable bonds is 3. The molecule has 2 unspecified atom stereocenters. The standard InChI is InChI=1S/C16H20F3NO2/c1-20-12-4-5-13(20)10-15(21,9-12)8-11-2-6-14(7-3-11)22-16(17,18)19/h2-3,6-7,12-13,21H,4-5,8-10H2,1H3. The van der Waals surface area contributed by atoms with E-state index in [9.17, 15) is 18.3 Å². The summed E-state index contributed by atoms with van der Waals surface area (Å²) in [4.78, 5) is 2.34. The first-order valence-electron chi connectivity index (χ1n) is 7.53. The van der Waals surface area contributed by atoms with Gasteiger partial charge in [-0.15, -0.1) is 13.2 Å². The normalized spacial score (nSPS) is 32.2. The third-order valence-corrected chi connectivity index (χ3v) is 4.91. The van der Waals surface area contributed by atoms with Gasteiger partial charge < -0.3 is 14.7 Å². The van der Waals surface area contributed by atoms with Crippen LogP contribution in [0.1, 0.15) is 31.2 Å². The summed E-state index contributed by atoms with van der Waals surface area (Å²) in [7, 11) is 2.10. The molecule has 122 valence electrons. The van der Waals surface area contributed by atoms with E-state index in [1.54, 1.807) is 12.1 Å². The van der Waals surface area contributed by atoms with Crippen LogP contribution in [0.3, 0.4) is 0 Å². The molecule has 22 heavy (non-hydrogen) atoms. The van der Waals surface area contributed by atoms with Crippen molar-refractivity contribution in [2.75, 3.05) is 7.05 Å². The van der Waals surface area contributed by atoms with Crippen molar-refractivity contribution in [3.8, 4) is 5.75 Å². The van der Waals surface area contributed by atoms with Crippen LogP contribution in [0, 0.1) is 0 Å². The summed E-state index contributed by atoms with van der Waals surface area (Å²) in [6.45, 7) is 0. The number of aliphatic hydroxyl groups is 1. The second-order valence-corrected chi connectivity index (χ2v) is 6.55. The number of hydrogen-bond donors (Lipinski definition) is 1. The molecule has 1 aromatic carbocycles. The van der Waals surface area contributed by atoms with Crippen molar-refractivity contribution < 1.29 is 23.0 Å². The van der Waals surface area contributed by atoms with Crippen molar-refractivity contribution in [2.24, 2.45) is 0 Å². The maximum Gasteiger partial charge on any atom is 0.573 e. The summed E-state index contributed by atoms with van der Waals surface area (Å²) in [5, 5.41) is 10.8. The van der Waals surface area contributed by atoms with Crippen LogP contribution in [-0.4, -0.2) is 41.1 Å². The van der Waals surface area contributed by atoms with Gasteiger partial charge in [0.15, 0.2) is 0 Å². The zero-order valence-corrected chi connectivity index (χ0v) is 12.4. The summed E-state index contributed by atoms with van der Waals surface area (Å²) in [6, 6.07) is 6.62.